The maximum absolute atomic E-state index is 6.58. The molecule has 0 N–H and O–H groups in total. The topological polar surface area (TPSA) is 51.8 Å². The van der Waals surface area contributed by atoms with Crippen LogP contribution in [0.5, 0.6) is 0 Å². The fraction of sp³-hybridized carbons (Fsp3) is 0. The van der Waals surface area contributed by atoms with Crippen molar-refractivity contribution in [3.63, 3.8) is 0 Å². The predicted octanol–water partition coefficient (Wildman–Crippen LogP) is 15.2. The number of benzene rings is 10. The Morgan fingerprint density at radius 1 is 0.246 bits per heavy atom. The molecule has 2 heterocycles. The van der Waals surface area contributed by atoms with Crippen LogP contribution in [0.2, 0.25) is 0 Å². The summed E-state index contributed by atoms with van der Waals surface area (Å²) in [6.45, 7) is 0. The van der Waals surface area contributed by atoms with Gasteiger partial charge in [-0.1, -0.05) is 182 Å². The van der Waals surface area contributed by atoms with E-state index < -0.39 is 0 Å². The Balaban J connectivity index is 1.08. The van der Waals surface area contributed by atoms with Crippen LogP contribution in [0.15, 0.2) is 217 Å². The van der Waals surface area contributed by atoms with Gasteiger partial charge in [-0.3, -0.25) is 0 Å². The Kier molecular flexibility index (Phi) is 8.13. The highest BCUT2D eigenvalue weighted by atomic mass is 16.3. The summed E-state index contributed by atoms with van der Waals surface area (Å²) in [5, 5.41) is 9.38. The molecule has 284 valence electrons. The van der Waals surface area contributed by atoms with Gasteiger partial charge in [-0.05, 0) is 96.0 Å². The Bertz CT molecular complexity index is 3600. The first-order valence-electron chi connectivity index (χ1n) is 20.6. The van der Waals surface area contributed by atoms with Gasteiger partial charge >= 0.3 is 0 Å². The zero-order valence-electron chi connectivity index (χ0n) is 33.0. The van der Waals surface area contributed by atoms with Gasteiger partial charge in [0.05, 0.1) is 0 Å². The molecule has 61 heavy (non-hydrogen) atoms. The minimum atomic E-state index is 0.572. The molecular formula is C57H35N3O. The third-order valence-electron chi connectivity index (χ3n) is 11.9. The predicted molar refractivity (Wildman–Crippen MR) is 252 cm³/mol. The van der Waals surface area contributed by atoms with Crippen molar-refractivity contribution < 1.29 is 4.42 Å². The quantitative estimate of drug-likeness (QED) is 0.158. The molecule has 0 saturated heterocycles. The summed E-state index contributed by atoms with van der Waals surface area (Å²) in [6.07, 6.45) is 0. The molecule has 12 rings (SSSR count). The highest BCUT2D eigenvalue weighted by molar-refractivity contribution is 6.25. The number of nitrogens with zero attached hydrogens (tertiary/aromatic N) is 3. The molecule has 0 radical (unpaired) electrons. The third-order valence-corrected chi connectivity index (χ3v) is 11.9. The van der Waals surface area contributed by atoms with Crippen LogP contribution in [0.1, 0.15) is 0 Å². The van der Waals surface area contributed by atoms with E-state index in [1.54, 1.807) is 0 Å². The minimum absolute atomic E-state index is 0.572. The van der Waals surface area contributed by atoms with Gasteiger partial charge in [0, 0.05) is 27.5 Å². The first-order valence-corrected chi connectivity index (χ1v) is 20.6. The minimum Gasteiger partial charge on any atom is -0.456 e. The first-order chi connectivity index (χ1) is 30.2. The van der Waals surface area contributed by atoms with E-state index in [4.69, 9.17) is 19.4 Å². The van der Waals surface area contributed by atoms with Crippen LogP contribution in [-0.2, 0) is 0 Å². The number of hydrogen-bond donors (Lipinski definition) is 0. The molecule has 4 heteroatoms. The maximum atomic E-state index is 6.58. The van der Waals surface area contributed by atoms with Crippen LogP contribution >= 0.6 is 0 Å². The zero-order chi connectivity index (χ0) is 40.3. The lowest BCUT2D eigenvalue weighted by Gasteiger charge is -2.14. The smallest absolute Gasteiger partial charge is 0.164 e. The van der Waals surface area contributed by atoms with E-state index in [0.29, 0.717) is 17.5 Å². The van der Waals surface area contributed by atoms with Gasteiger partial charge in [0.1, 0.15) is 11.2 Å². The van der Waals surface area contributed by atoms with Gasteiger partial charge in [0.2, 0.25) is 0 Å². The average molecular weight is 778 g/mol. The van der Waals surface area contributed by atoms with Crippen molar-refractivity contribution in [2.45, 2.75) is 0 Å². The van der Waals surface area contributed by atoms with Crippen LogP contribution in [-0.4, -0.2) is 15.0 Å². The second-order valence-corrected chi connectivity index (χ2v) is 15.5. The summed E-state index contributed by atoms with van der Waals surface area (Å²) in [4.78, 5) is 15.8. The molecule has 12 aromatic rings. The van der Waals surface area contributed by atoms with Gasteiger partial charge in [0.15, 0.2) is 17.5 Å². The lowest BCUT2D eigenvalue weighted by molar-refractivity contribution is 0.669. The lowest BCUT2D eigenvalue weighted by atomic mass is 9.92. The van der Waals surface area contributed by atoms with Crippen LogP contribution in [0.25, 0.3) is 122 Å². The van der Waals surface area contributed by atoms with Crippen LogP contribution in [0, 0.1) is 0 Å². The van der Waals surface area contributed by atoms with Crippen LogP contribution in [0.3, 0.4) is 0 Å². The lowest BCUT2D eigenvalue weighted by Crippen LogP contribution is -2.01. The van der Waals surface area contributed by atoms with Crippen molar-refractivity contribution >= 4 is 54.3 Å². The van der Waals surface area contributed by atoms with Gasteiger partial charge in [-0.15, -0.1) is 0 Å². The van der Waals surface area contributed by atoms with E-state index >= 15 is 0 Å². The van der Waals surface area contributed by atoms with Crippen molar-refractivity contribution in [2.24, 2.45) is 0 Å². The maximum Gasteiger partial charge on any atom is 0.164 e. The van der Waals surface area contributed by atoms with E-state index in [-0.39, 0.29) is 0 Å². The molecule has 0 atom stereocenters. The van der Waals surface area contributed by atoms with Crippen molar-refractivity contribution in [1.82, 2.24) is 15.0 Å². The van der Waals surface area contributed by atoms with Crippen molar-refractivity contribution in [3.8, 4) is 67.5 Å². The molecule has 0 aliphatic heterocycles. The number of aromatic nitrogens is 3. The molecular weight excluding hydrogens is 743 g/mol. The second kappa shape index (κ2) is 14.3. The van der Waals surface area contributed by atoms with Crippen molar-refractivity contribution in [3.05, 3.63) is 212 Å². The highest BCUT2D eigenvalue weighted by Gasteiger charge is 2.19. The summed E-state index contributed by atoms with van der Waals surface area (Å²) in [5.41, 5.74) is 11.1. The summed E-state index contributed by atoms with van der Waals surface area (Å²) in [6, 6.07) is 74.6. The Morgan fingerprint density at radius 3 is 1.28 bits per heavy atom. The Morgan fingerprint density at radius 2 is 0.689 bits per heavy atom. The van der Waals surface area contributed by atoms with E-state index in [2.05, 4.69) is 200 Å². The molecule has 0 unspecified atom stereocenters. The molecule has 10 aromatic carbocycles. The van der Waals surface area contributed by atoms with E-state index in [0.717, 1.165) is 77.4 Å². The summed E-state index contributed by atoms with van der Waals surface area (Å²) in [7, 11) is 0. The standard InChI is InChI=1S/C57H35N3O/c1-4-15-36(16-5-1)42-30-27-39(33-50(42)38-19-8-3-9-20-38)55-58-56(40-28-31-48-46-23-11-10-21-44(46)45-22-12-13-24-47(45)51(48)34-40)60-57(59-55)41-29-32-49-53(35-41)61-52-26-14-25-43(54(49)52)37-17-6-2-7-18-37/h1-35H. The largest absolute Gasteiger partial charge is 0.456 e. The van der Waals surface area contributed by atoms with E-state index in [9.17, 15) is 0 Å². The fourth-order valence-electron chi connectivity index (χ4n) is 9.04. The highest BCUT2D eigenvalue weighted by Crippen LogP contribution is 2.41. The molecule has 2 aromatic heterocycles. The average Bonchev–Trinajstić information content (AvgIpc) is 3.73. The van der Waals surface area contributed by atoms with Crippen molar-refractivity contribution in [1.29, 1.82) is 0 Å². The number of rotatable bonds is 6. The third kappa shape index (κ3) is 5.96. The molecule has 4 nitrogen and oxygen atoms in total. The van der Waals surface area contributed by atoms with Crippen LogP contribution < -0.4 is 0 Å². The van der Waals surface area contributed by atoms with E-state index in [1.807, 2.05) is 12.1 Å². The normalized spacial score (nSPS) is 11.6. The van der Waals surface area contributed by atoms with Gasteiger partial charge < -0.3 is 4.42 Å². The Labute approximate surface area is 352 Å². The van der Waals surface area contributed by atoms with Gasteiger partial charge in [-0.25, -0.2) is 15.0 Å². The van der Waals surface area contributed by atoms with Gasteiger partial charge in [0.25, 0.3) is 0 Å². The first kappa shape index (κ1) is 34.8. The summed E-state index contributed by atoms with van der Waals surface area (Å²) >= 11 is 0. The van der Waals surface area contributed by atoms with E-state index in [1.165, 1.54) is 26.9 Å². The summed E-state index contributed by atoms with van der Waals surface area (Å²) in [5.74, 6) is 1.77. The monoisotopic (exact) mass is 777 g/mol. The van der Waals surface area contributed by atoms with Gasteiger partial charge in [-0.2, -0.15) is 0 Å². The Hall–Kier alpha value is -8.21. The zero-order valence-corrected chi connectivity index (χ0v) is 33.0. The fourth-order valence-corrected chi connectivity index (χ4v) is 9.04. The molecule has 0 aliphatic rings. The molecule has 0 aliphatic carbocycles. The molecule has 0 amide bonds. The number of furan rings is 1. The molecule has 0 saturated carbocycles. The summed E-state index contributed by atoms with van der Waals surface area (Å²) < 4.78 is 6.58. The molecule has 0 bridgehead atoms. The SMILES string of the molecule is c1ccc(-c2ccc(-c3nc(-c4ccc5c(c4)oc4cccc(-c6ccccc6)c45)nc(-c4ccc5c6ccccc6c6ccccc6c5c4)n3)cc2-c2ccccc2)cc1. The second-order valence-electron chi connectivity index (χ2n) is 15.5. The number of fused-ring (bicyclic) bond motifs is 9. The number of hydrogen-bond acceptors (Lipinski definition) is 4. The molecule has 0 fully saturated rings. The molecule has 0 spiro atoms. The van der Waals surface area contributed by atoms with Crippen LogP contribution in [0.4, 0.5) is 0 Å². The van der Waals surface area contributed by atoms with Crippen molar-refractivity contribution in [2.75, 3.05) is 0 Å².